The van der Waals surface area contributed by atoms with Crippen LogP contribution in [0.1, 0.15) is 41.1 Å². The van der Waals surface area contributed by atoms with Crippen LogP contribution in [0.2, 0.25) is 5.02 Å². The number of piperidine rings is 1. The maximum absolute atomic E-state index is 12.8. The Morgan fingerprint density at radius 2 is 1.84 bits per heavy atom. The molecule has 10 nitrogen and oxygen atoms in total. The summed E-state index contributed by atoms with van der Waals surface area (Å²) in [5.74, 6) is 2.24. The number of benzene rings is 1. The number of nitrogens with zero attached hydrogens (tertiary/aromatic N) is 5. The number of likely N-dealkylation sites (tertiary alicyclic amines) is 1. The Hall–Kier alpha value is -3.21. The van der Waals surface area contributed by atoms with E-state index < -0.39 is 0 Å². The fraction of sp³-hybridized carbons (Fsp3) is 0.481. The highest BCUT2D eigenvalue weighted by molar-refractivity contribution is 6.32. The predicted molar refractivity (Wildman–Crippen MR) is 149 cm³/mol. The topological polar surface area (TPSA) is 111 Å². The average molecular weight is 539 g/mol. The number of H-pyrrole nitrogens is 1. The van der Waals surface area contributed by atoms with Gasteiger partial charge in [-0.2, -0.15) is 10.1 Å². The second-order valence-electron chi connectivity index (χ2n) is 10.1. The molecular formula is C27H35ClN8O2. The van der Waals surface area contributed by atoms with Crippen molar-refractivity contribution in [2.45, 2.75) is 39.5 Å². The summed E-state index contributed by atoms with van der Waals surface area (Å²) in [5, 5.41) is 14.0. The van der Waals surface area contributed by atoms with Crippen LogP contribution >= 0.6 is 11.6 Å². The smallest absolute Gasteiger partial charge is 0.236 e. The van der Waals surface area contributed by atoms with Crippen LogP contribution in [0.4, 0.5) is 23.3 Å². The van der Waals surface area contributed by atoms with Gasteiger partial charge < -0.3 is 20.3 Å². The number of aromatic nitrogens is 4. The molecule has 202 valence electrons. The Bertz CT molecular complexity index is 1280. The molecule has 2 aliphatic heterocycles. The largest absolute Gasteiger partial charge is 0.379 e. The molecule has 4 heterocycles. The van der Waals surface area contributed by atoms with Crippen molar-refractivity contribution < 1.29 is 9.53 Å². The third-order valence-electron chi connectivity index (χ3n) is 7.31. The summed E-state index contributed by atoms with van der Waals surface area (Å²) in [6, 6.07) is 6.29. The molecule has 0 radical (unpaired) electrons. The van der Waals surface area contributed by atoms with Crippen LogP contribution in [0.25, 0.3) is 0 Å². The van der Waals surface area contributed by atoms with Crippen molar-refractivity contribution in [3.63, 3.8) is 0 Å². The molecule has 2 aliphatic rings. The van der Waals surface area contributed by atoms with Crippen LogP contribution in [0.5, 0.6) is 0 Å². The number of morpholine rings is 1. The standard InChI is InChI=1S/C27H35ClN8O2/c1-17-13-23(30-27-29-15-22(28)26(32-27)31-24-14-19(3)33-34-24)18(2)12-21(17)20-4-6-36(7-5-20)25(37)16-35-8-10-38-11-9-35/h12-15,20H,4-11,16H2,1-3H3,(H3,29,30,31,32,33,34). The lowest BCUT2D eigenvalue weighted by Gasteiger charge is -2.35. The highest BCUT2D eigenvalue weighted by Gasteiger charge is 2.26. The Morgan fingerprint density at radius 1 is 1.08 bits per heavy atom. The average Bonchev–Trinajstić information content (AvgIpc) is 3.33. The number of aryl methyl sites for hydroxylation is 3. The van der Waals surface area contributed by atoms with E-state index in [2.05, 4.69) is 61.7 Å². The monoisotopic (exact) mass is 538 g/mol. The van der Waals surface area contributed by atoms with Crippen molar-refractivity contribution in [1.29, 1.82) is 0 Å². The minimum Gasteiger partial charge on any atom is -0.379 e. The van der Waals surface area contributed by atoms with E-state index in [-0.39, 0.29) is 5.91 Å². The molecule has 0 spiro atoms. The molecule has 3 aromatic rings. The summed E-state index contributed by atoms with van der Waals surface area (Å²) in [6.45, 7) is 11.4. The van der Waals surface area contributed by atoms with Gasteiger partial charge in [0.1, 0.15) is 5.02 Å². The van der Waals surface area contributed by atoms with Crippen molar-refractivity contribution in [1.82, 2.24) is 30.0 Å². The SMILES string of the molecule is Cc1cc(Nc2nc(Nc3cc(C)c(C4CCN(C(=O)CN5CCOCC5)CC4)cc3C)ncc2Cl)n[nH]1. The van der Waals surface area contributed by atoms with Crippen molar-refractivity contribution in [3.8, 4) is 0 Å². The van der Waals surface area contributed by atoms with Crippen molar-refractivity contribution in [3.05, 3.63) is 51.8 Å². The molecule has 0 unspecified atom stereocenters. The molecule has 3 N–H and O–H groups in total. The highest BCUT2D eigenvalue weighted by atomic mass is 35.5. The van der Waals surface area contributed by atoms with E-state index >= 15 is 0 Å². The molecule has 0 atom stereocenters. The summed E-state index contributed by atoms with van der Waals surface area (Å²) in [6.07, 6.45) is 3.53. The zero-order valence-electron chi connectivity index (χ0n) is 22.2. The lowest BCUT2D eigenvalue weighted by Crippen LogP contribution is -2.46. The van der Waals surface area contributed by atoms with Gasteiger partial charge in [-0.15, -0.1) is 0 Å². The molecule has 0 bridgehead atoms. The number of rotatable bonds is 7. The molecule has 2 fully saturated rings. The predicted octanol–water partition coefficient (Wildman–Crippen LogP) is 4.30. The molecule has 11 heteroatoms. The number of carbonyl (C=O) groups is 1. The van der Waals surface area contributed by atoms with Gasteiger partial charge in [0, 0.05) is 43.6 Å². The molecule has 38 heavy (non-hydrogen) atoms. The summed E-state index contributed by atoms with van der Waals surface area (Å²) in [4.78, 5) is 25.9. The Kier molecular flexibility index (Phi) is 8.11. The lowest BCUT2D eigenvalue weighted by molar-refractivity contribution is -0.134. The first-order valence-corrected chi connectivity index (χ1v) is 13.5. The molecule has 1 amide bonds. The third-order valence-corrected chi connectivity index (χ3v) is 7.58. The number of aromatic amines is 1. The van der Waals surface area contributed by atoms with E-state index in [0.29, 0.717) is 48.3 Å². The fourth-order valence-electron chi connectivity index (χ4n) is 5.14. The van der Waals surface area contributed by atoms with Crippen LogP contribution in [-0.2, 0) is 9.53 Å². The van der Waals surface area contributed by atoms with E-state index in [0.717, 1.165) is 56.0 Å². The van der Waals surface area contributed by atoms with Crippen LogP contribution in [0.3, 0.4) is 0 Å². The number of hydrogen-bond acceptors (Lipinski definition) is 8. The van der Waals surface area contributed by atoms with E-state index in [9.17, 15) is 4.79 Å². The number of nitrogens with one attached hydrogen (secondary N) is 3. The number of amides is 1. The van der Waals surface area contributed by atoms with Gasteiger partial charge in [-0.25, -0.2) is 4.98 Å². The number of hydrogen-bond donors (Lipinski definition) is 3. The van der Waals surface area contributed by atoms with Crippen molar-refractivity contribution in [2.75, 3.05) is 56.6 Å². The maximum Gasteiger partial charge on any atom is 0.236 e. The molecule has 2 saturated heterocycles. The lowest BCUT2D eigenvalue weighted by atomic mass is 9.85. The first-order valence-electron chi connectivity index (χ1n) is 13.1. The molecule has 0 saturated carbocycles. The number of ether oxygens (including phenoxy) is 1. The molecule has 1 aromatic carbocycles. The Labute approximate surface area is 228 Å². The molecule has 0 aliphatic carbocycles. The number of carbonyl (C=O) groups excluding carboxylic acids is 1. The van der Waals surface area contributed by atoms with Gasteiger partial charge in [0.25, 0.3) is 0 Å². The Balaban J connectivity index is 1.22. The zero-order chi connectivity index (χ0) is 26.6. The minimum atomic E-state index is 0.233. The molecule has 2 aromatic heterocycles. The van der Waals surface area contributed by atoms with Crippen LogP contribution < -0.4 is 10.6 Å². The van der Waals surface area contributed by atoms with E-state index in [4.69, 9.17) is 16.3 Å². The summed E-state index contributed by atoms with van der Waals surface area (Å²) in [7, 11) is 0. The van der Waals surface area contributed by atoms with Gasteiger partial charge in [-0.05, 0) is 62.3 Å². The quantitative estimate of drug-likeness (QED) is 0.408. The van der Waals surface area contributed by atoms with E-state index in [1.165, 1.54) is 11.1 Å². The highest BCUT2D eigenvalue weighted by Crippen LogP contribution is 2.34. The van der Waals surface area contributed by atoms with Crippen LogP contribution in [0.15, 0.2) is 24.4 Å². The van der Waals surface area contributed by atoms with Crippen molar-refractivity contribution in [2.24, 2.45) is 0 Å². The first-order chi connectivity index (χ1) is 18.4. The number of anilines is 4. The Morgan fingerprint density at radius 3 is 2.55 bits per heavy atom. The van der Waals surface area contributed by atoms with Gasteiger partial charge in [0.2, 0.25) is 11.9 Å². The van der Waals surface area contributed by atoms with Gasteiger partial charge in [-0.1, -0.05) is 17.7 Å². The van der Waals surface area contributed by atoms with E-state index in [1.54, 1.807) is 6.20 Å². The van der Waals surface area contributed by atoms with E-state index in [1.807, 2.05) is 17.9 Å². The summed E-state index contributed by atoms with van der Waals surface area (Å²) in [5.41, 5.74) is 5.57. The zero-order valence-corrected chi connectivity index (χ0v) is 22.9. The van der Waals surface area contributed by atoms with Gasteiger partial charge in [-0.3, -0.25) is 14.8 Å². The van der Waals surface area contributed by atoms with Gasteiger partial charge in [0.05, 0.1) is 26.0 Å². The third kappa shape index (κ3) is 6.25. The number of halogens is 1. The van der Waals surface area contributed by atoms with Crippen LogP contribution in [-0.4, -0.2) is 81.8 Å². The minimum absolute atomic E-state index is 0.233. The second-order valence-corrected chi connectivity index (χ2v) is 10.6. The first kappa shape index (κ1) is 26.4. The van der Waals surface area contributed by atoms with Gasteiger partial charge >= 0.3 is 0 Å². The summed E-state index contributed by atoms with van der Waals surface area (Å²) >= 11 is 6.31. The maximum atomic E-state index is 12.8. The summed E-state index contributed by atoms with van der Waals surface area (Å²) < 4.78 is 5.40. The molecule has 5 rings (SSSR count). The van der Waals surface area contributed by atoms with Crippen molar-refractivity contribution >= 4 is 40.8 Å². The fourth-order valence-corrected chi connectivity index (χ4v) is 5.28. The normalized spacial score (nSPS) is 17.0. The molecular weight excluding hydrogens is 504 g/mol. The van der Waals surface area contributed by atoms with Crippen LogP contribution in [0, 0.1) is 20.8 Å². The second kappa shape index (κ2) is 11.7. The van der Waals surface area contributed by atoms with Gasteiger partial charge in [0.15, 0.2) is 11.6 Å².